The van der Waals surface area contributed by atoms with Gasteiger partial charge < -0.3 is 28.6 Å². The van der Waals surface area contributed by atoms with E-state index in [2.05, 4.69) is 0 Å². The molecule has 0 N–H and O–H groups in total. The fourth-order valence-electron chi connectivity index (χ4n) is 4.98. The highest BCUT2D eigenvalue weighted by atomic mass is 16.6. The maximum atomic E-state index is 13.3. The number of ether oxygens (including phenoxy) is 5. The van der Waals surface area contributed by atoms with Crippen molar-refractivity contribution in [1.82, 2.24) is 4.90 Å². The number of hydrogen-bond donors (Lipinski definition) is 0. The van der Waals surface area contributed by atoms with Crippen LogP contribution in [0.3, 0.4) is 0 Å². The van der Waals surface area contributed by atoms with E-state index >= 15 is 0 Å². The number of carbonyl (C=O) groups excluding carboxylic acids is 2. The minimum absolute atomic E-state index is 0.0965. The minimum atomic E-state index is -0.629. The number of esters is 1. The number of fused-ring (bicyclic) bond motifs is 2. The van der Waals surface area contributed by atoms with Gasteiger partial charge in [-0.25, -0.2) is 0 Å². The molecule has 1 saturated carbocycles. The van der Waals surface area contributed by atoms with E-state index in [4.69, 9.17) is 23.7 Å². The molecule has 2 aliphatic heterocycles. The van der Waals surface area contributed by atoms with E-state index in [9.17, 15) is 9.59 Å². The predicted molar refractivity (Wildman–Crippen MR) is 102 cm³/mol. The summed E-state index contributed by atoms with van der Waals surface area (Å²) in [7, 11) is 6.25. The summed E-state index contributed by atoms with van der Waals surface area (Å²) >= 11 is 0. The molecule has 8 nitrogen and oxygen atoms in total. The Morgan fingerprint density at radius 2 is 1.72 bits per heavy atom. The highest BCUT2D eigenvalue weighted by molar-refractivity contribution is 5.99. The van der Waals surface area contributed by atoms with Gasteiger partial charge in [0.15, 0.2) is 11.5 Å². The van der Waals surface area contributed by atoms with Gasteiger partial charge in [-0.05, 0) is 23.3 Å². The van der Waals surface area contributed by atoms with Gasteiger partial charge in [0.05, 0.1) is 20.3 Å². The third-order valence-corrected chi connectivity index (χ3v) is 6.08. The van der Waals surface area contributed by atoms with Gasteiger partial charge in [-0.3, -0.25) is 9.59 Å². The molecule has 8 heteroatoms. The number of methoxy groups -OCH3 is 4. The largest absolute Gasteiger partial charge is 0.493 e. The summed E-state index contributed by atoms with van der Waals surface area (Å²) in [6.45, 7) is 1.84. The molecule has 3 aliphatic rings. The molecule has 0 saturated heterocycles. The summed E-state index contributed by atoms with van der Waals surface area (Å²) in [5.41, 5.74) is 2.24. The molecule has 0 aromatic heterocycles. The lowest BCUT2D eigenvalue weighted by atomic mass is 9.69. The van der Waals surface area contributed by atoms with Gasteiger partial charge in [0.2, 0.25) is 0 Å². The molecule has 5 unspecified atom stereocenters. The SMILES string of the molecule is COc1cc2c(cc1OC)C1C(OC(C)=O)C(OC)C(OC)C3=CCN(C2=O)C31. The van der Waals surface area contributed by atoms with Crippen LogP contribution in [0.2, 0.25) is 0 Å². The number of benzene rings is 1. The zero-order chi connectivity index (χ0) is 20.9. The van der Waals surface area contributed by atoms with E-state index < -0.39 is 24.3 Å². The van der Waals surface area contributed by atoms with Crippen molar-refractivity contribution in [2.45, 2.75) is 37.2 Å². The first-order valence-corrected chi connectivity index (χ1v) is 9.46. The average molecular weight is 403 g/mol. The third kappa shape index (κ3) is 2.81. The Labute approximate surface area is 169 Å². The number of hydrogen-bond acceptors (Lipinski definition) is 7. The van der Waals surface area contributed by atoms with Crippen molar-refractivity contribution < 1.29 is 33.3 Å². The van der Waals surface area contributed by atoms with Gasteiger partial charge in [0.25, 0.3) is 5.91 Å². The smallest absolute Gasteiger partial charge is 0.303 e. The summed E-state index contributed by atoms with van der Waals surface area (Å²) < 4.78 is 28.1. The fourth-order valence-corrected chi connectivity index (χ4v) is 4.98. The highest BCUT2D eigenvalue weighted by Crippen LogP contribution is 2.51. The van der Waals surface area contributed by atoms with Crippen molar-refractivity contribution in [3.63, 3.8) is 0 Å². The molecule has 0 spiro atoms. The van der Waals surface area contributed by atoms with Crippen LogP contribution in [0.5, 0.6) is 11.5 Å². The Morgan fingerprint density at radius 3 is 2.31 bits per heavy atom. The van der Waals surface area contributed by atoms with Crippen LogP contribution in [0.4, 0.5) is 0 Å². The van der Waals surface area contributed by atoms with Crippen molar-refractivity contribution >= 4 is 11.9 Å². The van der Waals surface area contributed by atoms with Gasteiger partial charge in [0.1, 0.15) is 18.3 Å². The van der Waals surface area contributed by atoms with E-state index in [1.54, 1.807) is 38.4 Å². The lowest BCUT2D eigenvalue weighted by Gasteiger charge is -2.50. The average Bonchev–Trinajstić information content (AvgIpc) is 3.15. The lowest BCUT2D eigenvalue weighted by Crippen LogP contribution is -2.61. The zero-order valence-corrected chi connectivity index (χ0v) is 17.1. The normalized spacial score (nSPS) is 29.7. The number of nitrogens with zero attached hydrogens (tertiary/aromatic N) is 1. The van der Waals surface area contributed by atoms with Gasteiger partial charge >= 0.3 is 5.97 Å². The molecule has 2 heterocycles. The second-order valence-electron chi connectivity index (χ2n) is 7.36. The monoisotopic (exact) mass is 403 g/mol. The molecule has 1 aliphatic carbocycles. The van der Waals surface area contributed by atoms with Crippen LogP contribution >= 0.6 is 0 Å². The highest BCUT2D eigenvalue weighted by Gasteiger charge is 2.58. The molecule has 1 amide bonds. The third-order valence-electron chi connectivity index (χ3n) is 6.08. The summed E-state index contributed by atoms with van der Waals surface area (Å²) in [5.74, 6) is 0.170. The van der Waals surface area contributed by atoms with Gasteiger partial charge in [0, 0.05) is 39.2 Å². The Hall–Kier alpha value is -2.58. The van der Waals surface area contributed by atoms with E-state index in [1.807, 2.05) is 6.08 Å². The molecular weight excluding hydrogens is 378 g/mol. The van der Waals surface area contributed by atoms with Gasteiger partial charge in [-0.2, -0.15) is 0 Å². The minimum Gasteiger partial charge on any atom is -0.493 e. The van der Waals surface area contributed by atoms with E-state index in [-0.39, 0.29) is 17.9 Å². The van der Waals surface area contributed by atoms with Crippen LogP contribution < -0.4 is 9.47 Å². The van der Waals surface area contributed by atoms with Crippen LogP contribution in [0, 0.1) is 0 Å². The Balaban J connectivity index is 1.93. The Kier molecular flexibility index (Phi) is 5.00. The van der Waals surface area contributed by atoms with Crippen LogP contribution in [0.1, 0.15) is 28.8 Å². The van der Waals surface area contributed by atoms with Crippen molar-refractivity contribution in [2.75, 3.05) is 35.0 Å². The molecule has 4 rings (SSSR count). The predicted octanol–water partition coefficient (Wildman–Crippen LogP) is 1.53. The van der Waals surface area contributed by atoms with Crippen molar-refractivity contribution in [3.8, 4) is 11.5 Å². The molecule has 156 valence electrons. The molecule has 1 aromatic carbocycles. The molecule has 0 bridgehead atoms. The molecule has 0 radical (unpaired) electrons. The zero-order valence-electron chi connectivity index (χ0n) is 17.1. The van der Waals surface area contributed by atoms with Crippen LogP contribution in [0.15, 0.2) is 23.8 Å². The molecule has 5 atom stereocenters. The lowest BCUT2D eigenvalue weighted by molar-refractivity contribution is -0.169. The van der Waals surface area contributed by atoms with E-state index in [0.29, 0.717) is 23.6 Å². The molecule has 1 fully saturated rings. The second-order valence-corrected chi connectivity index (χ2v) is 7.36. The summed E-state index contributed by atoms with van der Waals surface area (Å²) in [6, 6.07) is 3.23. The topological polar surface area (TPSA) is 83.5 Å². The van der Waals surface area contributed by atoms with E-state index in [1.165, 1.54) is 14.0 Å². The van der Waals surface area contributed by atoms with Crippen molar-refractivity contribution in [1.29, 1.82) is 0 Å². The Morgan fingerprint density at radius 1 is 1.03 bits per heavy atom. The molecular formula is C21H25NO7. The maximum absolute atomic E-state index is 13.3. The number of carbonyl (C=O) groups is 2. The first kappa shape index (κ1) is 19.7. The summed E-state index contributed by atoms with van der Waals surface area (Å²) in [4.78, 5) is 27.0. The fraction of sp³-hybridized carbons (Fsp3) is 0.524. The van der Waals surface area contributed by atoms with Crippen molar-refractivity contribution in [2.24, 2.45) is 0 Å². The summed E-state index contributed by atoms with van der Waals surface area (Å²) in [5, 5.41) is 0. The van der Waals surface area contributed by atoms with Crippen LogP contribution in [0.25, 0.3) is 0 Å². The number of amides is 1. The van der Waals surface area contributed by atoms with Gasteiger partial charge in [-0.1, -0.05) is 6.08 Å². The number of rotatable bonds is 5. The van der Waals surface area contributed by atoms with Crippen LogP contribution in [-0.2, 0) is 19.0 Å². The quantitative estimate of drug-likeness (QED) is 0.545. The van der Waals surface area contributed by atoms with Crippen molar-refractivity contribution in [3.05, 3.63) is 34.9 Å². The van der Waals surface area contributed by atoms with Crippen LogP contribution in [-0.4, -0.2) is 76.1 Å². The van der Waals surface area contributed by atoms with Gasteiger partial charge in [-0.15, -0.1) is 0 Å². The second kappa shape index (κ2) is 7.35. The molecule has 29 heavy (non-hydrogen) atoms. The molecule has 1 aromatic rings. The summed E-state index contributed by atoms with van der Waals surface area (Å²) in [6.07, 6.45) is 0.464. The first-order valence-electron chi connectivity index (χ1n) is 9.46. The van der Waals surface area contributed by atoms with E-state index in [0.717, 1.165) is 11.1 Å². The first-order chi connectivity index (χ1) is 14.0. The standard InChI is InChI=1S/C21H25NO7/c1-10(23)29-19-16-12-8-14(25-2)15(26-3)9-13(12)21(24)22-7-6-11(17(16)22)18(27-4)20(19)28-5/h6,8-9,16-20H,7H2,1-5H3. The maximum Gasteiger partial charge on any atom is 0.303 e. The Bertz CT molecular complexity index is 880.